The largest absolute Gasteiger partial charge is 0.379 e. The van der Waals surface area contributed by atoms with Crippen molar-refractivity contribution in [3.63, 3.8) is 0 Å². The highest BCUT2D eigenvalue weighted by atomic mass is 16.5. The van der Waals surface area contributed by atoms with Crippen LogP contribution in [0.5, 0.6) is 0 Å². The lowest BCUT2D eigenvalue weighted by Crippen LogP contribution is -2.56. The molecule has 6 heteroatoms. The maximum absolute atomic E-state index is 5.78. The second kappa shape index (κ2) is 11.4. The Morgan fingerprint density at radius 2 is 1.75 bits per heavy atom. The number of morpholine rings is 2. The molecule has 0 aliphatic carbocycles. The summed E-state index contributed by atoms with van der Waals surface area (Å²) in [6.45, 7) is 17.7. The molecule has 24 heavy (non-hydrogen) atoms. The molecule has 0 N–H and O–H groups in total. The van der Waals surface area contributed by atoms with E-state index in [-0.39, 0.29) is 0 Å². The molecule has 2 heterocycles. The van der Waals surface area contributed by atoms with Gasteiger partial charge in [0, 0.05) is 19.7 Å². The molecule has 1 unspecified atom stereocenters. The number of quaternary nitrogens is 1. The van der Waals surface area contributed by atoms with Crippen molar-refractivity contribution in [2.24, 2.45) is 0 Å². The predicted octanol–water partition coefficient (Wildman–Crippen LogP) is 0.997. The highest BCUT2D eigenvalue weighted by molar-refractivity contribution is 4.70. The number of nitrogens with zero attached hydrogens (tertiary/aromatic N) is 2. The fraction of sp³-hybridized carbons (Fsp3) is 1.00. The van der Waals surface area contributed by atoms with Crippen LogP contribution in [0.25, 0.3) is 0 Å². The second-order valence-electron chi connectivity index (χ2n) is 6.84. The molecule has 2 aliphatic rings. The molecule has 2 rings (SSSR count). The molecule has 0 aromatic heterocycles. The minimum atomic E-state index is 0.329. The smallest absolute Gasteiger partial charge is 0.103 e. The molecule has 142 valence electrons. The third-order valence-electron chi connectivity index (χ3n) is 5.43. The minimum Gasteiger partial charge on any atom is -0.379 e. The predicted molar refractivity (Wildman–Crippen MR) is 94.3 cm³/mol. The molecule has 2 aliphatic heterocycles. The second-order valence-corrected chi connectivity index (χ2v) is 6.84. The third-order valence-corrected chi connectivity index (χ3v) is 5.43. The molecule has 2 saturated heterocycles. The Kier molecular flexibility index (Phi) is 9.53. The lowest BCUT2D eigenvalue weighted by Gasteiger charge is -2.40. The van der Waals surface area contributed by atoms with Crippen molar-refractivity contribution < 1.29 is 23.4 Å². The highest BCUT2D eigenvalue weighted by Gasteiger charge is 2.27. The van der Waals surface area contributed by atoms with Crippen molar-refractivity contribution in [3.05, 3.63) is 0 Å². The van der Waals surface area contributed by atoms with E-state index in [1.807, 2.05) is 0 Å². The van der Waals surface area contributed by atoms with Gasteiger partial charge in [-0.3, -0.25) is 4.90 Å². The van der Waals surface area contributed by atoms with Crippen LogP contribution in [0.1, 0.15) is 20.3 Å². The Morgan fingerprint density at radius 1 is 1.00 bits per heavy atom. The van der Waals surface area contributed by atoms with Crippen molar-refractivity contribution in [1.29, 1.82) is 0 Å². The van der Waals surface area contributed by atoms with Gasteiger partial charge in [-0.25, -0.2) is 0 Å². The van der Waals surface area contributed by atoms with Gasteiger partial charge in [0.25, 0.3) is 0 Å². The van der Waals surface area contributed by atoms with Gasteiger partial charge in [-0.2, -0.15) is 0 Å². The molecule has 0 saturated carbocycles. The third kappa shape index (κ3) is 6.94. The van der Waals surface area contributed by atoms with Crippen LogP contribution in [-0.4, -0.2) is 108 Å². The van der Waals surface area contributed by atoms with E-state index < -0.39 is 0 Å². The Labute approximate surface area is 147 Å². The molecular weight excluding hydrogens is 308 g/mol. The van der Waals surface area contributed by atoms with Crippen LogP contribution in [0, 0.1) is 0 Å². The van der Waals surface area contributed by atoms with Gasteiger partial charge in [0.05, 0.1) is 52.3 Å². The lowest BCUT2D eigenvalue weighted by molar-refractivity contribution is -0.933. The van der Waals surface area contributed by atoms with Gasteiger partial charge in [0.15, 0.2) is 0 Å². The summed E-state index contributed by atoms with van der Waals surface area (Å²) in [5, 5.41) is 0. The van der Waals surface area contributed by atoms with E-state index >= 15 is 0 Å². The monoisotopic (exact) mass is 345 g/mol. The zero-order valence-corrected chi connectivity index (χ0v) is 15.7. The first-order chi connectivity index (χ1) is 11.8. The zero-order valence-electron chi connectivity index (χ0n) is 15.7. The first-order valence-electron chi connectivity index (χ1n) is 9.70. The Balaban J connectivity index is 1.44. The van der Waals surface area contributed by atoms with Crippen LogP contribution in [0.3, 0.4) is 0 Å². The summed E-state index contributed by atoms with van der Waals surface area (Å²) in [6, 6.07) is 0. The Hall–Kier alpha value is -0.240. The van der Waals surface area contributed by atoms with E-state index in [2.05, 4.69) is 18.7 Å². The molecule has 2 fully saturated rings. The molecule has 6 nitrogen and oxygen atoms in total. The summed E-state index contributed by atoms with van der Waals surface area (Å²) in [6.07, 6.45) is 1.31. The average molecular weight is 346 g/mol. The van der Waals surface area contributed by atoms with Crippen LogP contribution in [0.2, 0.25) is 0 Å². The molecule has 0 radical (unpaired) electrons. The molecule has 0 spiro atoms. The first-order valence-corrected chi connectivity index (χ1v) is 9.70. The van der Waals surface area contributed by atoms with E-state index in [0.717, 1.165) is 83.2 Å². The maximum atomic E-state index is 5.78. The molecule has 0 aromatic rings. The van der Waals surface area contributed by atoms with E-state index in [1.54, 1.807) is 0 Å². The van der Waals surface area contributed by atoms with Crippen molar-refractivity contribution in [1.82, 2.24) is 4.90 Å². The number of ether oxygens (including phenoxy) is 4. The SMILES string of the molecule is CCN1CCOC(CCOCCOCC[N+]2(CC)CCOCC2)C1. The van der Waals surface area contributed by atoms with Gasteiger partial charge < -0.3 is 23.4 Å². The molecule has 0 amide bonds. The van der Waals surface area contributed by atoms with Crippen molar-refractivity contribution >= 4 is 0 Å². The number of likely N-dealkylation sites (N-methyl/N-ethyl adjacent to an activating group) is 2. The average Bonchev–Trinajstić information content (AvgIpc) is 2.65. The van der Waals surface area contributed by atoms with Crippen LogP contribution in [0.15, 0.2) is 0 Å². The van der Waals surface area contributed by atoms with E-state index in [0.29, 0.717) is 19.3 Å². The standard InChI is InChI=1S/C18H37N2O4/c1-3-19-6-11-24-18(17-19)5-10-21-15-16-23-14-9-20(4-2)7-12-22-13-8-20/h18H,3-17H2,1-2H3/q+1. The Bertz CT molecular complexity index is 324. The van der Waals surface area contributed by atoms with Crippen LogP contribution in [-0.2, 0) is 18.9 Å². The maximum Gasteiger partial charge on any atom is 0.103 e. The normalized spacial score (nSPS) is 25.0. The van der Waals surface area contributed by atoms with Gasteiger partial charge in [-0.15, -0.1) is 0 Å². The van der Waals surface area contributed by atoms with Crippen LogP contribution < -0.4 is 0 Å². The minimum absolute atomic E-state index is 0.329. The van der Waals surface area contributed by atoms with Crippen LogP contribution >= 0.6 is 0 Å². The summed E-state index contributed by atoms with van der Waals surface area (Å²) in [5.74, 6) is 0. The van der Waals surface area contributed by atoms with Crippen molar-refractivity contribution in [2.75, 3.05) is 92.1 Å². The first kappa shape index (κ1) is 20.1. The summed E-state index contributed by atoms with van der Waals surface area (Å²) in [5.41, 5.74) is 0. The summed E-state index contributed by atoms with van der Waals surface area (Å²) in [7, 11) is 0. The molecule has 0 bridgehead atoms. The van der Waals surface area contributed by atoms with Gasteiger partial charge in [0.1, 0.15) is 19.6 Å². The molecule has 1 atom stereocenters. The number of hydrogen-bond acceptors (Lipinski definition) is 5. The fourth-order valence-electron chi connectivity index (χ4n) is 3.47. The molecular formula is C18H37N2O4+. The van der Waals surface area contributed by atoms with Gasteiger partial charge in [-0.1, -0.05) is 6.92 Å². The van der Waals surface area contributed by atoms with Gasteiger partial charge >= 0.3 is 0 Å². The summed E-state index contributed by atoms with van der Waals surface area (Å²) >= 11 is 0. The van der Waals surface area contributed by atoms with E-state index in [1.165, 1.54) is 6.54 Å². The van der Waals surface area contributed by atoms with Gasteiger partial charge in [0.2, 0.25) is 0 Å². The van der Waals surface area contributed by atoms with Crippen LogP contribution in [0.4, 0.5) is 0 Å². The summed E-state index contributed by atoms with van der Waals surface area (Å²) < 4.78 is 23.9. The zero-order chi connectivity index (χ0) is 17.1. The lowest BCUT2D eigenvalue weighted by atomic mass is 10.2. The highest BCUT2D eigenvalue weighted by Crippen LogP contribution is 2.11. The topological polar surface area (TPSA) is 40.2 Å². The van der Waals surface area contributed by atoms with E-state index in [4.69, 9.17) is 18.9 Å². The quantitative estimate of drug-likeness (QED) is 0.413. The van der Waals surface area contributed by atoms with E-state index in [9.17, 15) is 0 Å². The Morgan fingerprint density at radius 3 is 2.46 bits per heavy atom. The van der Waals surface area contributed by atoms with Crippen molar-refractivity contribution in [3.8, 4) is 0 Å². The number of rotatable bonds is 11. The number of hydrogen-bond donors (Lipinski definition) is 0. The molecule has 0 aromatic carbocycles. The fourth-order valence-corrected chi connectivity index (χ4v) is 3.47. The summed E-state index contributed by atoms with van der Waals surface area (Å²) in [4.78, 5) is 2.44. The van der Waals surface area contributed by atoms with Gasteiger partial charge in [-0.05, 0) is 19.9 Å². The van der Waals surface area contributed by atoms with Crippen molar-refractivity contribution in [2.45, 2.75) is 26.4 Å².